The summed E-state index contributed by atoms with van der Waals surface area (Å²) >= 11 is 7.10. The number of halogens is 2. The molecule has 0 aliphatic heterocycles. The Hall–Kier alpha value is -2.45. The summed E-state index contributed by atoms with van der Waals surface area (Å²) < 4.78 is 15.8. The Morgan fingerprint density at radius 1 is 1.28 bits per heavy atom. The zero-order valence-corrected chi connectivity index (χ0v) is 14.7. The van der Waals surface area contributed by atoms with E-state index in [0.29, 0.717) is 10.2 Å². The van der Waals surface area contributed by atoms with E-state index < -0.39 is 17.4 Å². The number of nitrogens with zero attached hydrogens (tertiary/aromatic N) is 2. The molecule has 0 saturated carbocycles. The average molecular weight is 382 g/mol. The van der Waals surface area contributed by atoms with E-state index >= 15 is 0 Å². The van der Waals surface area contributed by atoms with E-state index in [0.717, 1.165) is 10.6 Å². The summed E-state index contributed by atoms with van der Waals surface area (Å²) in [6.07, 6.45) is 0. The number of hydrogen-bond donors (Lipinski definition) is 1. The zero-order chi connectivity index (χ0) is 18.1. The molecule has 0 fully saturated rings. The Kier molecular flexibility index (Phi) is 4.73. The number of fused-ring (bicyclic) bond motifs is 1. The first-order valence-corrected chi connectivity index (χ1v) is 8.64. The van der Waals surface area contributed by atoms with Crippen molar-refractivity contribution < 1.29 is 9.18 Å². The molecule has 1 aromatic carbocycles. The lowest BCUT2D eigenvalue weighted by Gasteiger charge is -2.12. The van der Waals surface area contributed by atoms with Gasteiger partial charge in [0.2, 0.25) is 5.91 Å². The van der Waals surface area contributed by atoms with Gasteiger partial charge in [0, 0.05) is 6.54 Å². The molecule has 0 saturated heterocycles. The second-order valence-electron chi connectivity index (χ2n) is 5.23. The van der Waals surface area contributed by atoms with Crippen LogP contribution in [0.1, 0.15) is 6.92 Å². The standard InChI is InChI=1S/C16H13ClFN3O3S/c1-2-20-15(23)14-12(5-6-25-14)21(16(20)24)8-13(22)19-11-4-3-9(18)7-10(11)17/h3-7H,2,8H2,1H3,(H,19,22). The maximum Gasteiger partial charge on any atom is 0.331 e. The highest BCUT2D eigenvalue weighted by Gasteiger charge is 2.16. The van der Waals surface area contributed by atoms with E-state index in [2.05, 4.69) is 5.32 Å². The molecule has 25 heavy (non-hydrogen) atoms. The largest absolute Gasteiger partial charge is 0.331 e. The summed E-state index contributed by atoms with van der Waals surface area (Å²) in [6, 6.07) is 5.21. The summed E-state index contributed by atoms with van der Waals surface area (Å²) in [6.45, 7) is 1.60. The summed E-state index contributed by atoms with van der Waals surface area (Å²) in [5, 5.41) is 4.29. The van der Waals surface area contributed by atoms with Crippen LogP contribution in [0, 0.1) is 5.82 Å². The maximum absolute atomic E-state index is 13.1. The van der Waals surface area contributed by atoms with Crippen LogP contribution in [0.5, 0.6) is 0 Å². The van der Waals surface area contributed by atoms with Gasteiger partial charge in [-0.15, -0.1) is 11.3 Å². The first kappa shape index (κ1) is 17.4. The molecule has 0 radical (unpaired) electrons. The molecule has 0 aliphatic carbocycles. The minimum Gasteiger partial charge on any atom is -0.323 e. The van der Waals surface area contributed by atoms with E-state index in [-0.39, 0.29) is 29.4 Å². The number of thiophene rings is 1. The lowest BCUT2D eigenvalue weighted by molar-refractivity contribution is -0.116. The molecule has 2 heterocycles. The molecular weight excluding hydrogens is 369 g/mol. The van der Waals surface area contributed by atoms with Gasteiger partial charge in [0.25, 0.3) is 5.56 Å². The maximum atomic E-state index is 13.1. The third kappa shape index (κ3) is 3.22. The first-order chi connectivity index (χ1) is 11.9. The first-order valence-electron chi connectivity index (χ1n) is 7.38. The molecule has 6 nitrogen and oxygen atoms in total. The number of aromatic nitrogens is 2. The van der Waals surface area contributed by atoms with Crippen molar-refractivity contribution in [2.24, 2.45) is 0 Å². The van der Waals surface area contributed by atoms with Crippen LogP contribution in [0.2, 0.25) is 5.02 Å². The van der Waals surface area contributed by atoms with Gasteiger partial charge in [0.05, 0.1) is 16.2 Å². The van der Waals surface area contributed by atoms with Crippen LogP contribution >= 0.6 is 22.9 Å². The molecule has 1 amide bonds. The molecule has 3 rings (SSSR count). The summed E-state index contributed by atoms with van der Waals surface area (Å²) in [7, 11) is 0. The van der Waals surface area contributed by atoms with Crippen LogP contribution in [0.15, 0.2) is 39.2 Å². The second-order valence-corrected chi connectivity index (χ2v) is 6.55. The van der Waals surface area contributed by atoms with Crippen molar-refractivity contribution in [3.05, 3.63) is 61.3 Å². The van der Waals surface area contributed by atoms with Crippen LogP contribution < -0.4 is 16.6 Å². The third-order valence-electron chi connectivity index (χ3n) is 3.66. The minimum atomic E-state index is -0.557. The van der Waals surface area contributed by atoms with Gasteiger partial charge in [-0.2, -0.15) is 0 Å². The van der Waals surface area contributed by atoms with Gasteiger partial charge < -0.3 is 5.32 Å². The number of nitrogens with one attached hydrogen (secondary N) is 1. The quantitative estimate of drug-likeness (QED) is 0.755. The predicted molar refractivity (Wildman–Crippen MR) is 96.1 cm³/mol. The second kappa shape index (κ2) is 6.81. The Morgan fingerprint density at radius 3 is 2.72 bits per heavy atom. The molecule has 0 spiro atoms. The van der Waals surface area contributed by atoms with Crippen LogP contribution in [-0.4, -0.2) is 15.0 Å². The molecule has 0 bridgehead atoms. The molecule has 3 aromatic rings. The fourth-order valence-electron chi connectivity index (χ4n) is 2.49. The normalized spacial score (nSPS) is 11.0. The van der Waals surface area contributed by atoms with Gasteiger partial charge in [-0.3, -0.25) is 18.7 Å². The van der Waals surface area contributed by atoms with Crippen molar-refractivity contribution in [1.29, 1.82) is 0 Å². The van der Waals surface area contributed by atoms with Crippen molar-refractivity contribution in [1.82, 2.24) is 9.13 Å². The van der Waals surface area contributed by atoms with Crippen molar-refractivity contribution >= 4 is 44.7 Å². The Morgan fingerprint density at radius 2 is 2.04 bits per heavy atom. The number of amides is 1. The SMILES string of the molecule is CCn1c(=O)c2sccc2n(CC(=O)Nc2ccc(F)cc2Cl)c1=O. The fraction of sp³-hybridized carbons (Fsp3) is 0.188. The van der Waals surface area contributed by atoms with E-state index in [1.54, 1.807) is 18.4 Å². The lowest BCUT2D eigenvalue weighted by Crippen LogP contribution is -2.40. The number of hydrogen-bond acceptors (Lipinski definition) is 4. The van der Waals surface area contributed by atoms with Crippen molar-refractivity contribution in [2.75, 3.05) is 5.32 Å². The van der Waals surface area contributed by atoms with Gasteiger partial charge in [-0.25, -0.2) is 9.18 Å². The van der Waals surface area contributed by atoms with Crippen LogP contribution in [0.3, 0.4) is 0 Å². The van der Waals surface area contributed by atoms with Crippen molar-refractivity contribution in [3.63, 3.8) is 0 Å². The molecule has 9 heteroatoms. The van der Waals surface area contributed by atoms with Gasteiger partial charge in [-0.05, 0) is 36.6 Å². The highest BCUT2D eigenvalue weighted by molar-refractivity contribution is 7.17. The summed E-state index contributed by atoms with van der Waals surface area (Å²) in [5.74, 6) is -1.03. The van der Waals surface area contributed by atoms with Crippen molar-refractivity contribution in [2.45, 2.75) is 20.0 Å². The van der Waals surface area contributed by atoms with Gasteiger partial charge in [-0.1, -0.05) is 11.6 Å². The lowest BCUT2D eigenvalue weighted by atomic mass is 10.3. The summed E-state index contributed by atoms with van der Waals surface area (Å²) in [4.78, 5) is 37.1. The Balaban J connectivity index is 1.97. The van der Waals surface area contributed by atoms with E-state index in [1.165, 1.54) is 28.0 Å². The number of carbonyl (C=O) groups excluding carboxylic acids is 1. The predicted octanol–water partition coefficient (Wildman–Crippen LogP) is 2.68. The molecule has 130 valence electrons. The summed E-state index contributed by atoms with van der Waals surface area (Å²) in [5.41, 5.74) is -0.272. The third-order valence-corrected chi connectivity index (χ3v) is 4.86. The topological polar surface area (TPSA) is 73.1 Å². The van der Waals surface area contributed by atoms with Gasteiger partial charge in [0.15, 0.2) is 0 Å². The smallest absolute Gasteiger partial charge is 0.323 e. The number of rotatable bonds is 4. The fourth-order valence-corrected chi connectivity index (χ4v) is 3.55. The van der Waals surface area contributed by atoms with Crippen LogP contribution in [-0.2, 0) is 17.9 Å². The van der Waals surface area contributed by atoms with Gasteiger partial charge >= 0.3 is 5.69 Å². The number of anilines is 1. The number of carbonyl (C=O) groups is 1. The molecule has 0 unspecified atom stereocenters. The van der Waals surface area contributed by atoms with Crippen LogP contribution in [0.25, 0.3) is 10.2 Å². The number of benzene rings is 1. The zero-order valence-electron chi connectivity index (χ0n) is 13.1. The monoisotopic (exact) mass is 381 g/mol. The molecule has 1 N–H and O–H groups in total. The molecule has 0 atom stereocenters. The Bertz CT molecular complexity index is 1090. The highest BCUT2D eigenvalue weighted by atomic mass is 35.5. The van der Waals surface area contributed by atoms with E-state index in [9.17, 15) is 18.8 Å². The average Bonchev–Trinajstić information content (AvgIpc) is 3.04. The molecule has 0 aliphatic rings. The van der Waals surface area contributed by atoms with E-state index in [4.69, 9.17) is 11.6 Å². The Labute approximate surface area is 150 Å². The highest BCUT2D eigenvalue weighted by Crippen LogP contribution is 2.22. The van der Waals surface area contributed by atoms with Crippen LogP contribution in [0.4, 0.5) is 10.1 Å². The van der Waals surface area contributed by atoms with Crippen molar-refractivity contribution in [3.8, 4) is 0 Å². The minimum absolute atomic E-state index is 0.0555. The molecule has 2 aromatic heterocycles. The van der Waals surface area contributed by atoms with Gasteiger partial charge in [0.1, 0.15) is 17.1 Å². The van der Waals surface area contributed by atoms with E-state index in [1.807, 2.05) is 0 Å². The molecular formula is C16H13ClFN3O3S.